The van der Waals surface area contributed by atoms with Gasteiger partial charge < -0.3 is 10.4 Å². The highest BCUT2D eigenvalue weighted by Crippen LogP contribution is 2.33. The Balaban J connectivity index is 1.75. The molecule has 1 amide bonds. The van der Waals surface area contributed by atoms with Gasteiger partial charge in [-0.1, -0.05) is 19.3 Å². The molecule has 122 valence electrons. The number of carbonyl (C=O) groups excluding carboxylic acids is 1. The van der Waals surface area contributed by atoms with Crippen LogP contribution in [0.2, 0.25) is 0 Å². The molecule has 3 rings (SSSR count). The number of aromatic nitrogens is 2. The smallest absolute Gasteiger partial charge is 0.255 e. The van der Waals surface area contributed by atoms with Crippen LogP contribution in [0.15, 0.2) is 6.20 Å². The molecule has 2 aliphatic rings. The Kier molecular flexibility index (Phi) is 4.52. The number of nitrogens with one attached hydrogen (secondary N) is 1. The summed E-state index contributed by atoms with van der Waals surface area (Å²) in [7, 11) is 0. The lowest BCUT2D eigenvalue weighted by atomic mass is 9.76. The normalized spacial score (nSPS) is 21.9. The molecule has 1 aliphatic carbocycles. The zero-order valence-corrected chi connectivity index (χ0v) is 13.5. The molecule has 1 fully saturated rings. The second kappa shape index (κ2) is 6.41. The van der Waals surface area contributed by atoms with Crippen LogP contribution >= 0.6 is 0 Å². The van der Waals surface area contributed by atoms with E-state index in [2.05, 4.69) is 10.4 Å². The molecule has 0 spiro atoms. The largest absolute Gasteiger partial charge is 0.394 e. The summed E-state index contributed by atoms with van der Waals surface area (Å²) in [5.41, 5.74) is 1.21. The van der Waals surface area contributed by atoms with Gasteiger partial charge >= 0.3 is 0 Å². The third-order valence-corrected chi connectivity index (χ3v) is 5.46. The van der Waals surface area contributed by atoms with Crippen molar-refractivity contribution in [2.24, 2.45) is 5.92 Å². The van der Waals surface area contributed by atoms with Gasteiger partial charge in [0, 0.05) is 6.54 Å². The van der Waals surface area contributed by atoms with Crippen molar-refractivity contribution in [2.75, 3.05) is 6.61 Å². The van der Waals surface area contributed by atoms with Gasteiger partial charge in [0.05, 0.1) is 29.6 Å². The van der Waals surface area contributed by atoms with E-state index in [-0.39, 0.29) is 12.5 Å². The molecule has 0 bridgehead atoms. The zero-order chi connectivity index (χ0) is 15.6. The fraction of sp³-hybridized carbons (Fsp3) is 0.765. The lowest BCUT2D eigenvalue weighted by Gasteiger charge is -2.39. The lowest BCUT2D eigenvalue weighted by Crippen LogP contribution is -2.54. The van der Waals surface area contributed by atoms with Gasteiger partial charge in [-0.2, -0.15) is 5.10 Å². The van der Waals surface area contributed by atoms with Gasteiger partial charge in [0.1, 0.15) is 0 Å². The van der Waals surface area contributed by atoms with Crippen molar-refractivity contribution in [2.45, 2.75) is 70.4 Å². The molecule has 0 aromatic carbocycles. The van der Waals surface area contributed by atoms with Gasteiger partial charge in [-0.3, -0.25) is 9.48 Å². The van der Waals surface area contributed by atoms with Crippen LogP contribution < -0.4 is 5.32 Å². The van der Waals surface area contributed by atoms with Crippen LogP contribution in [0.5, 0.6) is 0 Å². The summed E-state index contributed by atoms with van der Waals surface area (Å²) in [6, 6.07) is 0. The molecule has 1 atom stereocenters. The number of rotatable bonds is 4. The monoisotopic (exact) mass is 305 g/mol. The van der Waals surface area contributed by atoms with Crippen molar-refractivity contribution in [3.8, 4) is 0 Å². The second-order valence-electron chi connectivity index (χ2n) is 7.05. The third-order valence-electron chi connectivity index (χ3n) is 5.46. The third kappa shape index (κ3) is 2.91. The molecule has 1 saturated carbocycles. The predicted molar refractivity (Wildman–Crippen MR) is 84.7 cm³/mol. The molecule has 5 heteroatoms. The quantitative estimate of drug-likeness (QED) is 0.897. The van der Waals surface area contributed by atoms with E-state index < -0.39 is 5.54 Å². The van der Waals surface area contributed by atoms with Crippen LogP contribution in [-0.2, 0) is 13.0 Å². The Hall–Kier alpha value is -1.36. The molecule has 0 unspecified atom stereocenters. The number of amides is 1. The molecular weight excluding hydrogens is 278 g/mol. The number of hydrogen-bond donors (Lipinski definition) is 2. The molecule has 0 saturated heterocycles. The Labute approximate surface area is 132 Å². The number of hydrogen-bond acceptors (Lipinski definition) is 3. The summed E-state index contributed by atoms with van der Waals surface area (Å²) in [5, 5.41) is 17.3. The summed E-state index contributed by atoms with van der Waals surface area (Å²) in [6.45, 7) is 2.88. The van der Waals surface area contributed by atoms with Crippen molar-refractivity contribution >= 4 is 5.91 Å². The number of aryl methyl sites for hydroxylation is 1. The van der Waals surface area contributed by atoms with Gasteiger partial charge in [-0.15, -0.1) is 0 Å². The minimum atomic E-state index is -0.527. The minimum absolute atomic E-state index is 0.00707. The van der Waals surface area contributed by atoms with Crippen LogP contribution in [0.25, 0.3) is 0 Å². The fourth-order valence-corrected chi connectivity index (χ4v) is 3.95. The van der Waals surface area contributed by atoms with Crippen molar-refractivity contribution in [1.82, 2.24) is 15.1 Å². The summed E-state index contributed by atoms with van der Waals surface area (Å²) in [6.07, 6.45) is 10.7. The van der Waals surface area contributed by atoms with E-state index in [1.807, 2.05) is 11.6 Å². The molecule has 1 aromatic heterocycles. The summed E-state index contributed by atoms with van der Waals surface area (Å²) < 4.78 is 1.95. The molecule has 0 radical (unpaired) electrons. The molecule has 5 nitrogen and oxygen atoms in total. The van der Waals surface area contributed by atoms with Crippen LogP contribution in [0.1, 0.15) is 67.9 Å². The molecule has 1 aromatic rings. The molecule has 1 aliphatic heterocycles. The molecular formula is C17H27N3O2. The molecule has 2 N–H and O–H groups in total. The van der Waals surface area contributed by atoms with Gasteiger partial charge in [0.2, 0.25) is 0 Å². The van der Waals surface area contributed by atoms with Crippen LogP contribution in [0.4, 0.5) is 0 Å². The first-order chi connectivity index (χ1) is 10.6. The van der Waals surface area contributed by atoms with Crippen molar-refractivity contribution in [3.63, 3.8) is 0 Å². The maximum atomic E-state index is 12.7. The van der Waals surface area contributed by atoms with Gasteiger partial charge in [-0.25, -0.2) is 0 Å². The highest BCUT2D eigenvalue weighted by atomic mass is 16.3. The number of nitrogens with zero attached hydrogens (tertiary/aromatic N) is 2. The molecule has 22 heavy (non-hydrogen) atoms. The van der Waals surface area contributed by atoms with E-state index in [1.165, 1.54) is 19.3 Å². The number of aliphatic hydroxyl groups excluding tert-OH is 1. The van der Waals surface area contributed by atoms with E-state index in [0.717, 1.165) is 44.3 Å². The molecule has 2 heterocycles. The second-order valence-corrected chi connectivity index (χ2v) is 7.05. The first kappa shape index (κ1) is 15.5. The first-order valence-corrected chi connectivity index (χ1v) is 8.62. The highest BCUT2D eigenvalue weighted by molar-refractivity contribution is 5.95. The van der Waals surface area contributed by atoms with Crippen LogP contribution in [0.3, 0.4) is 0 Å². The predicted octanol–water partition coefficient (Wildman–Crippen LogP) is 2.28. The number of fused-ring (bicyclic) bond motifs is 1. The fourth-order valence-electron chi connectivity index (χ4n) is 3.95. The highest BCUT2D eigenvalue weighted by Gasteiger charge is 2.36. The maximum Gasteiger partial charge on any atom is 0.255 e. The summed E-state index contributed by atoms with van der Waals surface area (Å²) >= 11 is 0. The Morgan fingerprint density at radius 3 is 2.86 bits per heavy atom. The number of carbonyl (C=O) groups is 1. The average molecular weight is 305 g/mol. The van der Waals surface area contributed by atoms with Crippen LogP contribution in [-0.4, -0.2) is 32.9 Å². The van der Waals surface area contributed by atoms with E-state index in [4.69, 9.17) is 0 Å². The zero-order valence-electron chi connectivity index (χ0n) is 13.5. The van der Waals surface area contributed by atoms with Gasteiger partial charge in [0.25, 0.3) is 5.91 Å². The summed E-state index contributed by atoms with van der Waals surface area (Å²) in [4.78, 5) is 12.7. The average Bonchev–Trinajstić information content (AvgIpc) is 2.99. The van der Waals surface area contributed by atoms with Crippen molar-refractivity contribution < 1.29 is 9.90 Å². The van der Waals surface area contributed by atoms with Crippen molar-refractivity contribution in [1.29, 1.82) is 0 Å². The van der Waals surface area contributed by atoms with E-state index in [9.17, 15) is 9.90 Å². The topological polar surface area (TPSA) is 67.2 Å². The van der Waals surface area contributed by atoms with Crippen LogP contribution in [0, 0.1) is 5.92 Å². The van der Waals surface area contributed by atoms with E-state index in [0.29, 0.717) is 11.5 Å². The maximum absolute atomic E-state index is 12.7. The van der Waals surface area contributed by atoms with E-state index in [1.54, 1.807) is 6.20 Å². The standard InChI is InChI=1S/C17H27N3O2/c1-17(12-21,13-7-3-2-4-8-13)19-16(22)14-11-18-20-10-6-5-9-15(14)20/h11,13,21H,2-10,12H2,1H3,(H,19,22)/t17-/m1/s1. The van der Waals surface area contributed by atoms with E-state index >= 15 is 0 Å². The number of aliphatic hydroxyl groups is 1. The first-order valence-electron chi connectivity index (χ1n) is 8.62. The Morgan fingerprint density at radius 2 is 2.14 bits per heavy atom. The van der Waals surface area contributed by atoms with Crippen molar-refractivity contribution in [3.05, 3.63) is 17.5 Å². The van der Waals surface area contributed by atoms with Gasteiger partial charge in [-0.05, 0) is 44.9 Å². The summed E-state index contributed by atoms with van der Waals surface area (Å²) in [5.74, 6) is 0.284. The lowest BCUT2D eigenvalue weighted by molar-refractivity contribution is 0.0678. The van der Waals surface area contributed by atoms with Gasteiger partial charge in [0.15, 0.2) is 0 Å². The SMILES string of the molecule is C[C@](CO)(NC(=O)c1cnn2c1CCCC2)C1CCCCC1. The minimum Gasteiger partial charge on any atom is -0.394 e. The Bertz CT molecular complexity index is 534. The Morgan fingerprint density at radius 1 is 1.36 bits per heavy atom.